The highest BCUT2D eigenvalue weighted by molar-refractivity contribution is 4.47. The molecule has 0 fully saturated rings. The third-order valence-corrected chi connectivity index (χ3v) is 1.22. The van der Waals surface area contributed by atoms with Gasteiger partial charge in [-0.05, 0) is 18.4 Å². The molecule has 0 saturated carbocycles. The van der Waals surface area contributed by atoms with Crippen molar-refractivity contribution in [2.45, 2.75) is 25.7 Å². The van der Waals surface area contributed by atoms with Crippen molar-refractivity contribution in [2.24, 2.45) is 5.11 Å². The van der Waals surface area contributed by atoms with Crippen LogP contribution in [-0.2, 0) is 5.11 Å². The molecule has 0 atom stereocenters. The summed E-state index contributed by atoms with van der Waals surface area (Å²) in [4.78, 5) is 2.62. The third kappa shape index (κ3) is 7.27. The number of rotatable bonds is 6. The SMILES string of the molecule is [N-]=[N+]=NCCCCCC[O]. The van der Waals surface area contributed by atoms with E-state index in [0.717, 1.165) is 25.7 Å². The van der Waals surface area contributed by atoms with E-state index in [-0.39, 0.29) is 6.61 Å². The van der Waals surface area contributed by atoms with Crippen LogP contribution in [0.2, 0.25) is 0 Å². The maximum absolute atomic E-state index is 9.94. The Morgan fingerprint density at radius 1 is 1.20 bits per heavy atom. The lowest BCUT2D eigenvalue weighted by Crippen LogP contribution is -1.83. The van der Waals surface area contributed by atoms with Crippen LogP contribution in [-0.4, -0.2) is 13.2 Å². The Labute approximate surface area is 60.5 Å². The molecule has 1 radical (unpaired) electrons. The van der Waals surface area contributed by atoms with Crippen LogP contribution < -0.4 is 0 Å². The molecule has 0 aliphatic carbocycles. The van der Waals surface area contributed by atoms with Crippen molar-refractivity contribution in [3.05, 3.63) is 10.4 Å². The molecule has 0 bridgehead atoms. The number of azide groups is 1. The van der Waals surface area contributed by atoms with Crippen LogP contribution in [0.25, 0.3) is 10.4 Å². The summed E-state index contributed by atoms with van der Waals surface area (Å²) in [5.41, 5.74) is 7.88. The van der Waals surface area contributed by atoms with Crippen molar-refractivity contribution in [2.75, 3.05) is 13.2 Å². The molecule has 0 N–H and O–H groups in total. The summed E-state index contributed by atoms with van der Waals surface area (Å²) in [7, 11) is 0. The molecule has 0 unspecified atom stereocenters. The van der Waals surface area contributed by atoms with Crippen LogP contribution >= 0.6 is 0 Å². The Bertz CT molecular complexity index is 110. The fourth-order valence-electron chi connectivity index (χ4n) is 0.683. The first-order valence-electron chi connectivity index (χ1n) is 3.50. The minimum atomic E-state index is 0.0154. The molecule has 0 aliphatic heterocycles. The predicted octanol–water partition coefficient (Wildman–Crippen LogP) is 2.29. The van der Waals surface area contributed by atoms with E-state index in [1.165, 1.54) is 0 Å². The summed E-state index contributed by atoms with van der Waals surface area (Å²) in [6.45, 7) is 0.580. The first kappa shape index (κ1) is 9.27. The van der Waals surface area contributed by atoms with Crippen LogP contribution in [0.15, 0.2) is 5.11 Å². The van der Waals surface area contributed by atoms with Gasteiger partial charge >= 0.3 is 0 Å². The van der Waals surface area contributed by atoms with Crippen LogP contribution in [0.3, 0.4) is 0 Å². The molecule has 0 amide bonds. The van der Waals surface area contributed by atoms with E-state index in [4.69, 9.17) is 5.53 Å². The molecule has 0 aliphatic rings. The average molecular weight is 142 g/mol. The van der Waals surface area contributed by atoms with Crippen molar-refractivity contribution >= 4 is 0 Å². The minimum absolute atomic E-state index is 0.0154. The summed E-state index contributed by atoms with van der Waals surface area (Å²) in [6.07, 6.45) is 3.62. The van der Waals surface area contributed by atoms with Gasteiger partial charge < -0.3 is 0 Å². The van der Waals surface area contributed by atoms with Gasteiger partial charge in [0.25, 0.3) is 0 Å². The van der Waals surface area contributed by atoms with Crippen molar-refractivity contribution in [1.82, 2.24) is 0 Å². The fraction of sp³-hybridized carbons (Fsp3) is 1.00. The minimum Gasteiger partial charge on any atom is -0.237 e. The number of nitrogens with zero attached hydrogens (tertiary/aromatic N) is 3. The number of hydrogen-bond acceptors (Lipinski definition) is 1. The molecule has 57 valence electrons. The van der Waals surface area contributed by atoms with E-state index in [1.807, 2.05) is 0 Å². The smallest absolute Gasteiger partial charge is 0.0822 e. The molecule has 0 aromatic heterocycles. The van der Waals surface area contributed by atoms with E-state index in [0.29, 0.717) is 6.54 Å². The van der Waals surface area contributed by atoms with Gasteiger partial charge in [-0.2, -0.15) is 0 Å². The molecule has 0 rings (SSSR count). The molecular weight excluding hydrogens is 130 g/mol. The van der Waals surface area contributed by atoms with Gasteiger partial charge in [-0.3, -0.25) is 0 Å². The summed E-state index contributed by atoms with van der Waals surface area (Å²) in [5, 5.41) is 13.3. The van der Waals surface area contributed by atoms with Crippen molar-refractivity contribution in [3.8, 4) is 0 Å². The van der Waals surface area contributed by atoms with E-state index >= 15 is 0 Å². The van der Waals surface area contributed by atoms with Gasteiger partial charge in [-0.25, -0.2) is 5.11 Å². The second-order valence-corrected chi connectivity index (χ2v) is 2.07. The van der Waals surface area contributed by atoms with Gasteiger partial charge in [0.15, 0.2) is 0 Å². The van der Waals surface area contributed by atoms with E-state index in [1.54, 1.807) is 0 Å². The maximum Gasteiger partial charge on any atom is 0.0822 e. The summed E-state index contributed by atoms with van der Waals surface area (Å²) < 4.78 is 0. The van der Waals surface area contributed by atoms with Crippen LogP contribution in [0.5, 0.6) is 0 Å². The number of unbranched alkanes of at least 4 members (excludes halogenated alkanes) is 3. The lowest BCUT2D eigenvalue weighted by Gasteiger charge is -1.92. The normalized spacial score (nSPS) is 8.90. The Hall–Kier alpha value is -0.730. The van der Waals surface area contributed by atoms with Gasteiger partial charge in [0.1, 0.15) is 0 Å². The molecule has 0 spiro atoms. The average Bonchev–Trinajstić information content (AvgIpc) is 1.97. The van der Waals surface area contributed by atoms with E-state index in [9.17, 15) is 5.11 Å². The molecule has 4 heteroatoms. The summed E-state index contributed by atoms with van der Waals surface area (Å²) in [6, 6.07) is 0. The van der Waals surface area contributed by atoms with E-state index < -0.39 is 0 Å². The lowest BCUT2D eigenvalue weighted by atomic mass is 10.2. The first-order chi connectivity index (χ1) is 4.91. The summed E-state index contributed by atoms with van der Waals surface area (Å²) in [5.74, 6) is 0. The zero-order valence-electron chi connectivity index (χ0n) is 5.99. The monoisotopic (exact) mass is 142 g/mol. The Kier molecular flexibility index (Phi) is 7.67. The second-order valence-electron chi connectivity index (χ2n) is 2.07. The molecule has 4 nitrogen and oxygen atoms in total. The van der Waals surface area contributed by atoms with E-state index in [2.05, 4.69) is 10.0 Å². The van der Waals surface area contributed by atoms with Gasteiger partial charge in [0, 0.05) is 11.5 Å². The van der Waals surface area contributed by atoms with Crippen molar-refractivity contribution in [3.63, 3.8) is 0 Å². The van der Waals surface area contributed by atoms with Crippen LogP contribution in [0.4, 0.5) is 0 Å². The lowest BCUT2D eigenvalue weighted by molar-refractivity contribution is 0.186. The third-order valence-electron chi connectivity index (χ3n) is 1.22. The predicted molar refractivity (Wildman–Crippen MR) is 38.0 cm³/mol. The van der Waals surface area contributed by atoms with Gasteiger partial charge in [0.05, 0.1) is 6.61 Å². The highest BCUT2D eigenvalue weighted by Gasteiger charge is 1.86. The quantitative estimate of drug-likeness (QED) is 0.236. The molecule has 10 heavy (non-hydrogen) atoms. The highest BCUT2D eigenvalue weighted by Crippen LogP contribution is 1.98. The molecule has 0 heterocycles. The van der Waals surface area contributed by atoms with Gasteiger partial charge in [0.2, 0.25) is 0 Å². The first-order valence-corrected chi connectivity index (χ1v) is 3.50. The standard InChI is InChI=1S/C6H12N3O/c7-9-8-5-3-1-2-4-6-10/h1-6H2. The highest BCUT2D eigenvalue weighted by atomic mass is 16.2. The molecule has 0 aromatic carbocycles. The zero-order chi connectivity index (χ0) is 7.66. The Morgan fingerprint density at radius 2 is 1.90 bits per heavy atom. The fourth-order valence-corrected chi connectivity index (χ4v) is 0.683. The van der Waals surface area contributed by atoms with Gasteiger partial charge in [-0.1, -0.05) is 18.0 Å². The largest absolute Gasteiger partial charge is 0.237 e. The second kappa shape index (κ2) is 8.27. The Morgan fingerprint density at radius 3 is 2.50 bits per heavy atom. The zero-order valence-corrected chi connectivity index (χ0v) is 5.99. The van der Waals surface area contributed by atoms with Gasteiger partial charge in [-0.15, -0.1) is 0 Å². The van der Waals surface area contributed by atoms with Crippen molar-refractivity contribution in [1.29, 1.82) is 0 Å². The number of hydrogen-bond donors (Lipinski definition) is 0. The summed E-state index contributed by atoms with van der Waals surface area (Å²) >= 11 is 0. The maximum atomic E-state index is 9.94. The van der Waals surface area contributed by atoms with Crippen LogP contribution in [0, 0.1) is 0 Å². The molecule has 0 saturated heterocycles. The molecular formula is C6H12N3O. The molecule has 0 aromatic rings. The van der Waals surface area contributed by atoms with Crippen molar-refractivity contribution < 1.29 is 5.11 Å². The topological polar surface area (TPSA) is 68.7 Å². The van der Waals surface area contributed by atoms with Crippen LogP contribution in [0.1, 0.15) is 25.7 Å². The Balaban J connectivity index is 2.83.